The van der Waals surface area contributed by atoms with E-state index < -0.39 is 5.54 Å². The van der Waals surface area contributed by atoms with Crippen molar-refractivity contribution in [1.29, 1.82) is 0 Å². The van der Waals surface area contributed by atoms with Gasteiger partial charge in [0, 0.05) is 32.8 Å². The molecule has 3 N–H and O–H groups in total. The van der Waals surface area contributed by atoms with Crippen LogP contribution in [0.3, 0.4) is 0 Å². The van der Waals surface area contributed by atoms with Crippen molar-refractivity contribution in [3.63, 3.8) is 0 Å². The minimum absolute atomic E-state index is 0. The maximum atomic E-state index is 12.3. The molecule has 0 aromatic carbocycles. The molecule has 1 saturated heterocycles. The molecule has 0 bridgehead atoms. The number of nitrogens with one attached hydrogen (secondary N) is 1. The van der Waals surface area contributed by atoms with Crippen molar-refractivity contribution in [2.45, 2.75) is 50.1 Å². The van der Waals surface area contributed by atoms with Gasteiger partial charge in [0.15, 0.2) is 0 Å². The first-order valence-electron chi connectivity index (χ1n) is 7.45. The highest BCUT2D eigenvalue weighted by Crippen LogP contribution is 2.26. The number of hydrogen-bond donors (Lipinski definition) is 2. The number of rotatable bonds is 5. The fourth-order valence-electron chi connectivity index (χ4n) is 3.11. The lowest BCUT2D eigenvalue weighted by atomic mass is 9.82. The second-order valence-electron chi connectivity index (χ2n) is 5.97. The van der Waals surface area contributed by atoms with Crippen LogP contribution in [0.15, 0.2) is 0 Å². The summed E-state index contributed by atoms with van der Waals surface area (Å²) in [7, 11) is 1.72. The second kappa shape index (κ2) is 9.85. The molecule has 0 aromatic heterocycles. The van der Waals surface area contributed by atoms with Crippen LogP contribution in [0.25, 0.3) is 0 Å². The highest BCUT2D eigenvalue weighted by atomic mass is 35.5. The molecule has 0 aromatic rings. The Morgan fingerprint density at radius 3 is 2.62 bits per heavy atom. The molecule has 0 spiro atoms. The SMILES string of the molecule is COCCN1CCC(NC(=O)C2(N)CCCCC2)C1.Cl.Cl. The summed E-state index contributed by atoms with van der Waals surface area (Å²) in [5, 5.41) is 3.15. The smallest absolute Gasteiger partial charge is 0.240 e. The quantitative estimate of drug-likeness (QED) is 0.791. The molecular formula is C14H29Cl2N3O2. The third-order valence-electron chi connectivity index (χ3n) is 4.42. The van der Waals surface area contributed by atoms with Crippen LogP contribution in [-0.4, -0.2) is 55.7 Å². The van der Waals surface area contributed by atoms with E-state index in [0.29, 0.717) is 0 Å². The Morgan fingerprint density at radius 1 is 1.33 bits per heavy atom. The lowest BCUT2D eigenvalue weighted by Gasteiger charge is -2.33. The Morgan fingerprint density at radius 2 is 2.00 bits per heavy atom. The Bertz CT molecular complexity index is 313. The third kappa shape index (κ3) is 5.91. The molecule has 1 aliphatic carbocycles. The predicted molar refractivity (Wildman–Crippen MR) is 89.4 cm³/mol. The lowest BCUT2D eigenvalue weighted by molar-refractivity contribution is -0.128. The van der Waals surface area contributed by atoms with Gasteiger partial charge in [-0.05, 0) is 19.3 Å². The molecular weight excluding hydrogens is 313 g/mol. The van der Waals surface area contributed by atoms with Gasteiger partial charge in [-0.15, -0.1) is 24.8 Å². The molecule has 1 amide bonds. The van der Waals surface area contributed by atoms with E-state index in [1.165, 1.54) is 6.42 Å². The minimum atomic E-state index is -0.613. The van der Waals surface area contributed by atoms with Crippen molar-refractivity contribution >= 4 is 30.7 Å². The van der Waals surface area contributed by atoms with E-state index in [9.17, 15) is 4.79 Å². The largest absolute Gasteiger partial charge is 0.383 e. The number of ether oxygens (including phenoxy) is 1. The average Bonchev–Trinajstić information content (AvgIpc) is 2.85. The number of likely N-dealkylation sites (tertiary alicyclic amines) is 1. The number of nitrogens with two attached hydrogens (primary N) is 1. The van der Waals surface area contributed by atoms with Crippen LogP contribution in [0.4, 0.5) is 0 Å². The zero-order chi connectivity index (χ0) is 13.7. The zero-order valence-corrected chi connectivity index (χ0v) is 14.4. The Kier molecular flexibility index (Phi) is 9.81. The molecule has 2 rings (SSSR count). The minimum Gasteiger partial charge on any atom is -0.383 e. The maximum absolute atomic E-state index is 12.3. The molecule has 2 fully saturated rings. The van der Waals surface area contributed by atoms with Gasteiger partial charge in [-0.3, -0.25) is 9.69 Å². The molecule has 21 heavy (non-hydrogen) atoms. The van der Waals surface area contributed by atoms with E-state index in [2.05, 4.69) is 10.2 Å². The van der Waals surface area contributed by atoms with Gasteiger partial charge in [-0.2, -0.15) is 0 Å². The summed E-state index contributed by atoms with van der Waals surface area (Å²) in [6, 6.07) is 0.256. The zero-order valence-electron chi connectivity index (χ0n) is 12.8. The van der Waals surface area contributed by atoms with Gasteiger partial charge in [-0.25, -0.2) is 0 Å². The van der Waals surface area contributed by atoms with E-state index in [4.69, 9.17) is 10.5 Å². The van der Waals surface area contributed by atoms with Crippen LogP contribution < -0.4 is 11.1 Å². The number of amides is 1. The van der Waals surface area contributed by atoms with E-state index in [0.717, 1.165) is 58.3 Å². The highest BCUT2D eigenvalue weighted by Gasteiger charge is 2.37. The summed E-state index contributed by atoms with van der Waals surface area (Å²) in [6.45, 7) is 3.65. The molecule has 5 nitrogen and oxygen atoms in total. The first kappa shape index (κ1) is 20.9. The Hall–Kier alpha value is -0.0700. The number of carbonyl (C=O) groups is 1. The van der Waals surface area contributed by atoms with Crippen LogP contribution in [0.2, 0.25) is 0 Å². The lowest BCUT2D eigenvalue weighted by Crippen LogP contribution is -2.57. The molecule has 7 heteroatoms. The summed E-state index contributed by atoms with van der Waals surface area (Å²) in [6.07, 6.45) is 6.05. The second-order valence-corrected chi connectivity index (χ2v) is 5.97. The summed E-state index contributed by atoms with van der Waals surface area (Å²) in [4.78, 5) is 14.6. The molecule has 126 valence electrons. The van der Waals surface area contributed by atoms with Gasteiger partial charge in [0.1, 0.15) is 0 Å². The maximum Gasteiger partial charge on any atom is 0.240 e. The average molecular weight is 342 g/mol. The Labute approximate surface area is 140 Å². The van der Waals surface area contributed by atoms with Crippen molar-refractivity contribution in [3.8, 4) is 0 Å². The number of nitrogens with zero attached hydrogens (tertiary/aromatic N) is 1. The molecule has 1 unspecified atom stereocenters. The van der Waals surface area contributed by atoms with Gasteiger partial charge >= 0.3 is 0 Å². The van der Waals surface area contributed by atoms with E-state index in [1.54, 1.807) is 7.11 Å². The number of methoxy groups -OCH3 is 1. The fraction of sp³-hybridized carbons (Fsp3) is 0.929. The third-order valence-corrected chi connectivity index (χ3v) is 4.42. The van der Waals surface area contributed by atoms with Gasteiger partial charge in [0.2, 0.25) is 5.91 Å². The van der Waals surface area contributed by atoms with Gasteiger partial charge in [0.05, 0.1) is 12.1 Å². The topological polar surface area (TPSA) is 67.6 Å². The highest BCUT2D eigenvalue weighted by molar-refractivity contribution is 5.86. The normalized spacial score (nSPS) is 24.8. The first-order chi connectivity index (χ1) is 9.14. The van der Waals surface area contributed by atoms with Crippen molar-refractivity contribution in [3.05, 3.63) is 0 Å². The van der Waals surface area contributed by atoms with Crippen LogP contribution in [0.5, 0.6) is 0 Å². The van der Waals surface area contributed by atoms with Crippen LogP contribution >= 0.6 is 24.8 Å². The predicted octanol–water partition coefficient (Wildman–Crippen LogP) is 1.33. The standard InChI is InChI=1S/C14H27N3O2.2ClH/c1-19-10-9-17-8-5-12(11-17)16-13(18)14(15)6-3-2-4-7-14;;/h12H,2-11,15H2,1H3,(H,16,18);2*1H. The van der Waals surface area contributed by atoms with Crippen molar-refractivity contribution < 1.29 is 9.53 Å². The number of carbonyl (C=O) groups excluding carboxylic acids is 1. The molecule has 0 radical (unpaired) electrons. The van der Waals surface area contributed by atoms with Crippen LogP contribution in [0, 0.1) is 0 Å². The fourth-order valence-corrected chi connectivity index (χ4v) is 3.11. The Balaban J connectivity index is 0.00000200. The van der Waals surface area contributed by atoms with Crippen LogP contribution in [-0.2, 0) is 9.53 Å². The summed E-state index contributed by atoms with van der Waals surface area (Å²) in [5.41, 5.74) is 5.64. The van der Waals surface area contributed by atoms with Crippen LogP contribution in [0.1, 0.15) is 38.5 Å². The first-order valence-corrected chi connectivity index (χ1v) is 7.45. The van der Waals surface area contributed by atoms with E-state index in [1.807, 2.05) is 0 Å². The van der Waals surface area contributed by atoms with Crippen molar-refractivity contribution in [2.75, 3.05) is 33.4 Å². The van der Waals surface area contributed by atoms with Crippen molar-refractivity contribution in [2.24, 2.45) is 5.73 Å². The molecule has 2 aliphatic rings. The molecule has 1 saturated carbocycles. The summed E-state index contributed by atoms with van der Waals surface area (Å²) in [5.74, 6) is 0.0609. The van der Waals surface area contributed by atoms with E-state index in [-0.39, 0.29) is 36.8 Å². The summed E-state index contributed by atoms with van der Waals surface area (Å²) < 4.78 is 5.08. The molecule has 1 aliphatic heterocycles. The van der Waals surface area contributed by atoms with Gasteiger partial charge in [0.25, 0.3) is 0 Å². The molecule has 1 atom stereocenters. The number of hydrogen-bond acceptors (Lipinski definition) is 4. The van der Waals surface area contributed by atoms with Gasteiger partial charge < -0.3 is 15.8 Å². The monoisotopic (exact) mass is 341 g/mol. The molecule has 1 heterocycles. The summed E-state index contributed by atoms with van der Waals surface area (Å²) >= 11 is 0. The van der Waals surface area contributed by atoms with Gasteiger partial charge in [-0.1, -0.05) is 19.3 Å². The number of halogens is 2. The van der Waals surface area contributed by atoms with Crippen molar-refractivity contribution in [1.82, 2.24) is 10.2 Å². The van der Waals surface area contributed by atoms with E-state index >= 15 is 0 Å².